The minimum atomic E-state index is -4.90. The number of hydrogen-bond acceptors (Lipinski definition) is 5. The second-order valence-corrected chi connectivity index (χ2v) is 10.6. The summed E-state index contributed by atoms with van der Waals surface area (Å²) >= 11 is 0. The molecule has 0 spiro atoms. The van der Waals surface area contributed by atoms with Gasteiger partial charge >= 0.3 is 12.4 Å². The first-order chi connectivity index (χ1) is 17.5. The molecule has 2 aliphatic heterocycles. The van der Waals surface area contributed by atoms with Crippen LogP contribution in [-0.2, 0) is 16.3 Å². The lowest BCUT2D eigenvalue weighted by Crippen LogP contribution is -2.35. The number of hydrogen-bond donors (Lipinski definition) is 2. The molecule has 2 aliphatic rings. The van der Waals surface area contributed by atoms with E-state index in [0.29, 0.717) is 28.8 Å². The quantitative estimate of drug-likeness (QED) is 0.520. The van der Waals surface area contributed by atoms with Crippen molar-refractivity contribution in [3.05, 3.63) is 77.9 Å². The van der Waals surface area contributed by atoms with Crippen molar-refractivity contribution < 1.29 is 35.9 Å². The van der Waals surface area contributed by atoms with E-state index in [1.807, 2.05) is 0 Å². The lowest BCUT2D eigenvalue weighted by Gasteiger charge is -2.21. The maximum absolute atomic E-state index is 13.5. The highest BCUT2D eigenvalue weighted by molar-refractivity contribution is 7.92. The van der Waals surface area contributed by atoms with Gasteiger partial charge in [-0.05, 0) is 47.9 Å². The van der Waals surface area contributed by atoms with Gasteiger partial charge in [-0.2, -0.15) is 0 Å². The number of rotatable bonds is 5. The Kier molecular flexibility index (Phi) is 6.06. The average molecular weight is 532 g/mol. The summed E-state index contributed by atoms with van der Waals surface area (Å²) in [7, 11) is -4.01. The van der Waals surface area contributed by atoms with Gasteiger partial charge in [-0.3, -0.25) is 4.79 Å². The van der Waals surface area contributed by atoms with Crippen LogP contribution in [0.15, 0.2) is 71.6 Å². The molecule has 1 unspecified atom stereocenters. The second kappa shape index (κ2) is 9.11. The predicted octanol–water partition coefficient (Wildman–Crippen LogP) is 3.87. The Hall–Kier alpha value is -4.06. The third-order valence-electron chi connectivity index (χ3n) is 6.17. The maximum Gasteiger partial charge on any atom is 0.573 e. The molecule has 1 saturated heterocycles. The smallest absolute Gasteiger partial charge is 0.406 e. The van der Waals surface area contributed by atoms with E-state index in [1.165, 1.54) is 29.2 Å². The fourth-order valence-electron chi connectivity index (χ4n) is 4.59. The number of fused-ring (bicyclic) bond motifs is 1. The largest absolute Gasteiger partial charge is 0.573 e. The molecule has 0 aliphatic carbocycles. The molecule has 0 saturated carbocycles. The molecule has 2 heterocycles. The molecule has 0 bridgehead atoms. The average Bonchev–Trinajstić information content (AvgIpc) is 3.49. The van der Waals surface area contributed by atoms with Gasteiger partial charge in [-0.15, -0.1) is 13.2 Å². The molecule has 2 N–H and O–H groups in total. The van der Waals surface area contributed by atoms with Gasteiger partial charge in [-0.25, -0.2) is 13.2 Å². The zero-order chi connectivity index (χ0) is 26.4. The van der Waals surface area contributed by atoms with Crippen LogP contribution in [0.3, 0.4) is 0 Å². The molecule has 1 fully saturated rings. The number of nitrogens with zero attached hydrogens (tertiary/aromatic N) is 1. The summed E-state index contributed by atoms with van der Waals surface area (Å²) in [6, 6.07) is 15.9. The highest BCUT2D eigenvalue weighted by atomic mass is 32.2. The molecule has 37 heavy (non-hydrogen) atoms. The summed E-state index contributed by atoms with van der Waals surface area (Å²) < 4.78 is 68.9. The minimum absolute atomic E-state index is 0.00713. The first-order valence-electron chi connectivity index (χ1n) is 11.2. The number of halogens is 3. The number of amides is 3. The van der Waals surface area contributed by atoms with Crippen molar-refractivity contribution in [1.82, 2.24) is 10.6 Å². The van der Waals surface area contributed by atoms with Crippen molar-refractivity contribution in [2.75, 3.05) is 18.0 Å². The van der Waals surface area contributed by atoms with Crippen molar-refractivity contribution >= 4 is 27.5 Å². The summed E-state index contributed by atoms with van der Waals surface area (Å²) in [6.45, 7) is 0.108. The standard InChI is InChI=1S/C25H20F3N3O5S/c26-25(27,28)36-17-8-4-7-16(13-17)23(32)31-12-11-18-19(31)9-10-20(22(18)15-5-2-1-3-6-15)37(34,35)21-14-29-24(33)30-21/h1-10,13,21H,11-12,14H2,(H2,29,30,33). The normalized spacial score (nSPS) is 17.2. The number of sulfone groups is 1. The molecular weight excluding hydrogens is 511 g/mol. The zero-order valence-corrected chi connectivity index (χ0v) is 19.9. The molecule has 0 aromatic heterocycles. The van der Waals surface area contributed by atoms with Gasteiger partial charge in [-0.1, -0.05) is 36.4 Å². The lowest BCUT2D eigenvalue weighted by atomic mass is 9.97. The molecular formula is C25H20F3N3O5S. The number of urea groups is 1. The summed E-state index contributed by atoms with van der Waals surface area (Å²) in [5.41, 5.74) is 2.10. The van der Waals surface area contributed by atoms with Gasteiger partial charge in [0.15, 0.2) is 5.37 Å². The van der Waals surface area contributed by atoms with E-state index in [1.54, 1.807) is 30.3 Å². The number of carbonyl (C=O) groups is 2. The lowest BCUT2D eigenvalue weighted by molar-refractivity contribution is -0.274. The molecule has 3 amide bonds. The van der Waals surface area contributed by atoms with Crippen LogP contribution in [0.25, 0.3) is 11.1 Å². The van der Waals surface area contributed by atoms with E-state index in [0.717, 1.165) is 12.1 Å². The van der Waals surface area contributed by atoms with E-state index < -0.39 is 39.3 Å². The van der Waals surface area contributed by atoms with E-state index in [2.05, 4.69) is 15.4 Å². The number of anilines is 1. The van der Waals surface area contributed by atoms with Gasteiger partial charge in [0, 0.05) is 23.4 Å². The minimum Gasteiger partial charge on any atom is -0.406 e. The van der Waals surface area contributed by atoms with Crippen molar-refractivity contribution in [2.24, 2.45) is 0 Å². The van der Waals surface area contributed by atoms with E-state index >= 15 is 0 Å². The molecule has 8 nitrogen and oxygen atoms in total. The molecule has 192 valence electrons. The Morgan fingerprint density at radius 2 is 1.78 bits per heavy atom. The summed E-state index contributed by atoms with van der Waals surface area (Å²) in [6.07, 6.45) is -4.58. The third-order valence-corrected chi connectivity index (χ3v) is 8.16. The van der Waals surface area contributed by atoms with Crippen molar-refractivity contribution in [2.45, 2.75) is 23.1 Å². The summed E-state index contributed by atoms with van der Waals surface area (Å²) in [5.74, 6) is -1.07. The Morgan fingerprint density at radius 1 is 1.03 bits per heavy atom. The van der Waals surface area contributed by atoms with E-state index in [4.69, 9.17) is 0 Å². The fourth-order valence-corrected chi connectivity index (χ4v) is 6.25. The highest BCUT2D eigenvalue weighted by Crippen LogP contribution is 2.42. The number of nitrogens with one attached hydrogen (secondary N) is 2. The molecule has 5 rings (SSSR count). The topological polar surface area (TPSA) is 105 Å². The number of carbonyl (C=O) groups excluding carboxylic acids is 2. The first-order valence-corrected chi connectivity index (χ1v) is 12.8. The highest BCUT2D eigenvalue weighted by Gasteiger charge is 2.38. The van der Waals surface area contributed by atoms with Crippen LogP contribution in [0.4, 0.5) is 23.7 Å². The Labute approximate surface area is 210 Å². The van der Waals surface area contributed by atoms with Crippen LogP contribution in [0.2, 0.25) is 0 Å². The Balaban J connectivity index is 1.57. The number of ether oxygens (including phenoxy) is 1. The maximum atomic E-state index is 13.5. The summed E-state index contributed by atoms with van der Waals surface area (Å²) in [5, 5.41) is 3.71. The molecule has 0 radical (unpaired) electrons. The third kappa shape index (κ3) is 4.71. The predicted molar refractivity (Wildman–Crippen MR) is 128 cm³/mol. The molecule has 3 aromatic rings. The number of benzene rings is 3. The molecule has 1 atom stereocenters. The van der Waals surface area contributed by atoms with Crippen LogP contribution in [0.1, 0.15) is 15.9 Å². The fraction of sp³-hybridized carbons (Fsp3) is 0.200. The first kappa shape index (κ1) is 24.6. The monoisotopic (exact) mass is 531 g/mol. The SMILES string of the molecule is O=C1NCC(S(=O)(=O)c2ccc3c(c2-c2ccccc2)CCN3C(=O)c2cccc(OC(F)(F)F)c2)N1. The van der Waals surface area contributed by atoms with Gasteiger partial charge in [0.2, 0.25) is 9.84 Å². The van der Waals surface area contributed by atoms with Gasteiger partial charge in [0.05, 0.1) is 11.4 Å². The second-order valence-electron chi connectivity index (χ2n) is 8.47. The van der Waals surface area contributed by atoms with Crippen molar-refractivity contribution in [3.8, 4) is 16.9 Å². The van der Waals surface area contributed by atoms with Gasteiger partial charge in [0.25, 0.3) is 5.91 Å². The molecule has 12 heteroatoms. The van der Waals surface area contributed by atoms with Crippen LogP contribution in [0.5, 0.6) is 5.75 Å². The Bertz CT molecular complexity index is 1490. The number of alkyl halides is 3. The van der Waals surface area contributed by atoms with Gasteiger partial charge < -0.3 is 20.3 Å². The van der Waals surface area contributed by atoms with E-state index in [-0.39, 0.29) is 23.5 Å². The van der Waals surface area contributed by atoms with Crippen LogP contribution in [0, 0.1) is 0 Å². The van der Waals surface area contributed by atoms with Crippen molar-refractivity contribution in [1.29, 1.82) is 0 Å². The molecule has 3 aromatic carbocycles. The van der Waals surface area contributed by atoms with Crippen molar-refractivity contribution in [3.63, 3.8) is 0 Å². The van der Waals surface area contributed by atoms with Crippen LogP contribution in [-0.4, -0.2) is 45.2 Å². The summed E-state index contributed by atoms with van der Waals surface area (Å²) in [4.78, 5) is 26.4. The van der Waals surface area contributed by atoms with Crippen LogP contribution >= 0.6 is 0 Å². The van der Waals surface area contributed by atoms with Gasteiger partial charge in [0.1, 0.15) is 5.75 Å². The van der Waals surface area contributed by atoms with Crippen LogP contribution < -0.4 is 20.3 Å². The Morgan fingerprint density at radius 3 is 2.46 bits per heavy atom. The van der Waals surface area contributed by atoms with E-state index in [9.17, 15) is 31.2 Å². The zero-order valence-electron chi connectivity index (χ0n) is 19.1.